The summed E-state index contributed by atoms with van der Waals surface area (Å²) < 4.78 is 5.51. The fourth-order valence-electron chi connectivity index (χ4n) is 4.62. The topological polar surface area (TPSA) is 41.6 Å². The predicted molar refractivity (Wildman–Crippen MR) is 129 cm³/mol. The van der Waals surface area contributed by atoms with Crippen molar-refractivity contribution in [1.29, 1.82) is 0 Å². The lowest BCUT2D eigenvalue weighted by atomic mass is 9.87. The number of carbonyl (C=O) groups is 1. The monoisotopic (exact) mass is 428 g/mol. The molecule has 1 aliphatic rings. The van der Waals surface area contributed by atoms with Crippen LogP contribution in [-0.4, -0.2) is 37.6 Å². The van der Waals surface area contributed by atoms with E-state index in [9.17, 15) is 4.79 Å². The first-order valence-electron chi connectivity index (χ1n) is 11.5. The van der Waals surface area contributed by atoms with Crippen LogP contribution in [0.15, 0.2) is 78.9 Å². The number of hydrogen-bond acceptors (Lipinski definition) is 3. The molecule has 0 radical (unpaired) electrons. The van der Waals surface area contributed by atoms with Crippen LogP contribution >= 0.6 is 0 Å². The van der Waals surface area contributed by atoms with Gasteiger partial charge in [0.25, 0.3) is 0 Å². The molecule has 0 saturated carbocycles. The van der Waals surface area contributed by atoms with Gasteiger partial charge in [-0.05, 0) is 42.0 Å². The van der Waals surface area contributed by atoms with Crippen molar-refractivity contribution in [2.75, 3.05) is 26.7 Å². The van der Waals surface area contributed by atoms with E-state index in [1.807, 2.05) is 12.1 Å². The zero-order valence-electron chi connectivity index (χ0n) is 18.8. The van der Waals surface area contributed by atoms with E-state index in [1.165, 1.54) is 22.3 Å². The van der Waals surface area contributed by atoms with Crippen molar-refractivity contribution in [3.05, 3.63) is 101 Å². The molecule has 166 valence electrons. The molecule has 0 aliphatic carbocycles. The zero-order valence-corrected chi connectivity index (χ0v) is 18.8. The molecule has 4 rings (SSSR count). The van der Waals surface area contributed by atoms with Crippen molar-refractivity contribution >= 4 is 5.91 Å². The molecule has 32 heavy (non-hydrogen) atoms. The minimum atomic E-state index is 0.0966. The molecule has 4 heteroatoms. The normalized spacial score (nSPS) is 13.6. The van der Waals surface area contributed by atoms with E-state index in [1.54, 1.807) is 7.11 Å². The Hall–Kier alpha value is -3.11. The molecular weight excluding hydrogens is 396 g/mol. The summed E-state index contributed by atoms with van der Waals surface area (Å²) in [7, 11) is 1.71. The van der Waals surface area contributed by atoms with Gasteiger partial charge in [0.2, 0.25) is 5.91 Å². The summed E-state index contributed by atoms with van der Waals surface area (Å²) in [5, 5.41) is 3.13. The number of ether oxygens (including phenoxy) is 1. The highest BCUT2D eigenvalue weighted by Crippen LogP contribution is 2.29. The van der Waals surface area contributed by atoms with E-state index >= 15 is 0 Å². The number of carbonyl (C=O) groups excluding carboxylic acids is 1. The fraction of sp³-hybridized carbons (Fsp3) is 0.321. The Bertz CT molecular complexity index is 951. The van der Waals surface area contributed by atoms with E-state index < -0.39 is 0 Å². The Morgan fingerprint density at radius 2 is 1.66 bits per heavy atom. The summed E-state index contributed by atoms with van der Waals surface area (Å²) >= 11 is 0. The molecule has 1 N–H and O–H groups in total. The van der Waals surface area contributed by atoms with Crippen molar-refractivity contribution in [3.8, 4) is 5.75 Å². The Balaban J connectivity index is 1.27. The molecule has 1 heterocycles. The van der Waals surface area contributed by atoms with Gasteiger partial charge < -0.3 is 10.1 Å². The van der Waals surface area contributed by atoms with Gasteiger partial charge in [-0.15, -0.1) is 0 Å². The standard InChI is InChI=1S/C28H32N2O2/c1-32-27-16-8-14-24-17-19-30(20-26(24)27)21-28(31)29-18-9-15-25(22-10-4-2-5-11-22)23-12-6-3-7-13-23/h2-8,10-14,16,25H,9,15,17-21H2,1H3,(H,29,31). The van der Waals surface area contributed by atoms with E-state index in [4.69, 9.17) is 4.74 Å². The van der Waals surface area contributed by atoms with E-state index in [2.05, 4.69) is 76.9 Å². The average Bonchev–Trinajstić information content (AvgIpc) is 2.84. The van der Waals surface area contributed by atoms with Gasteiger partial charge in [0.05, 0.1) is 13.7 Å². The number of nitrogens with zero attached hydrogens (tertiary/aromatic N) is 1. The van der Waals surface area contributed by atoms with Gasteiger partial charge in [-0.1, -0.05) is 72.8 Å². The van der Waals surface area contributed by atoms with E-state index in [0.717, 1.165) is 38.1 Å². The maximum absolute atomic E-state index is 12.6. The first-order chi connectivity index (χ1) is 15.7. The average molecular weight is 429 g/mol. The van der Waals surface area contributed by atoms with Gasteiger partial charge in [-0.2, -0.15) is 0 Å². The Labute approximate surface area is 191 Å². The second-order valence-electron chi connectivity index (χ2n) is 8.42. The largest absolute Gasteiger partial charge is 0.496 e. The van der Waals surface area contributed by atoms with Crippen LogP contribution in [0.2, 0.25) is 0 Å². The first-order valence-corrected chi connectivity index (χ1v) is 11.5. The molecule has 0 aromatic heterocycles. The molecule has 4 nitrogen and oxygen atoms in total. The highest BCUT2D eigenvalue weighted by molar-refractivity contribution is 5.78. The number of hydrogen-bond donors (Lipinski definition) is 1. The minimum absolute atomic E-state index is 0.0966. The molecule has 0 unspecified atom stereocenters. The lowest BCUT2D eigenvalue weighted by molar-refractivity contribution is -0.122. The van der Waals surface area contributed by atoms with Crippen molar-refractivity contribution in [2.45, 2.75) is 31.7 Å². The van der Waals surface area contributed by atoms with E-state index in [-0.39, 0.29) is 5.91 Å². The molecule has 1 aliphatic heterocycles. The number of benzene rings is 3. The highest BCUT2D eigenvalue weighted by atomic mass is 16.5. The van der Waals surface area contributed by atoms with Crippen LogP contribution in [0.4, 0.5) is 0 Å². The SMILES string of the molecule is COc1cccc2c1CN(CC(=O)NCCCC(c1ccccc1)c1ccccc1)CC2. The third-order valence-electron chi connectivity index (χ3n) is 6.29. The third-order valence-corrected chi connectivity index (χ3v) is 6.29. The summed E-state index contributed by atoms with van der Waals surface area (Å²) in [4.78, 5) is 14.8. The summed E-state index contributed by atoms with van der Waals surface area (Å²) in [5.41, 5.74) is 5.19. The first kappa shape index (κ1) is 22.1. The van der Waals surface area contributed by atoms with Gasteiger partial charge in [0.15, 0.2) is 0 Å². The van der Waals surface area contributed by atoms with Crippen LogP contribution in [0.5, 0.6) is 5.75 Å². The molecule has 0 saturated heterocycles. The van der Waals surface area contributed by atoms with Crippen LogP contribution in [-0.2, 0) is 17.8 Å². The van der Waals surface area contributed by atoms with Gasteiger partial charge in [-0.25, -0.2) is 0 Å². The van der Waals surface area contributed by atoms with Crippen LogP contribution < -0.4 is 10.1 Å². The van der Waals surface area contributed by atoms with Gasteiger partial charge >= 0.3 is 0 Å². The summed E-state index contributed by atoms with van der Waals surface area (Å²) in [5.74, 6) is 1.36. The van der Waals surface area contributed by atoms with Crippen molar-refractivity contribution < 1.29 is 9.53 Å². The second-order valence-corrected chi connectivity index (χ2v) is 8.42. The minimum Gasteiger partial charge on any atom is -0.496 e. The van der Waals surface area contributed by atoms with E-state index in [0.29, 0.717) is 19.0 Å². The van der Waals surface area contributed by atoms with Gasteiger partial charge in [0.1, 0.15) is 5.75 Å². The maximum Gasteiger partial charge on any atom is 0.234 e. The predicted octanol–water partition coefficient (Wildman–Crippen LogP) is 4.78. The third kappa shape index (κ3) is 5.57. The van der Waals surface area contributed by atoms with Gasteiger partial charge in [0, 0.05) is 31.1 Å². The molecule has 0 fully saturated rings. The molecule has 1 amide bonds. The van der Waals surface area contributed by atoms with Crippen molar-refractivity contribution in [2.24, 2.45) is 0 Å². The van der Waals surface area contributed by atoms with Crippen LogP contribution in [0, 0.1) is 0 Å². The Kier molecular flexibility index (Phi) is 7.57. The smallest absolute Gasteiger partial charge is 0.234 e. The number of nitrogens with one attached hydrogen (secondary N) is 1. The van der Waals surface area contributed by atoms with Crippen LogP contribution in [0.25, 0.3) is 0 Å². The van der Waals surface area contributed by atoms with Gasteiger partial charge in [-0.3, -0.25) is 9.69 Å². The van der Waals surface area contributed by atoms with Crippen molar-refractivity contribution in [3.63, 3.8) is 0 Å². The lowest BCUT2D eigenvalue weighted by Gasteiger charge is -2.29. The van der Waals surface area contributed by atoms with Crippen molar-refractivity contribution in [1.82, 2.24) is 10.2 Å². The van der Waals surface area contributed by atoms with Crippen LogP contribution in [0.1, 0.15) is 41.0 Å². The molecule has 3 aromatic rings. The van der Waals surface area contributed by atoms with Crippen LogP contribution in [0.3, 0.4) is 0 Å². The molecule has 0 atom stereocenters. The maximum atomic E-state index is 12.6. The number of methoxy groups -OCH3 is 1. The summed E-state index contributed by atoms with van der Waals surface area (Å²) in [6.07, 6.45) is 2.90. The number of rotatable bonds is 9. The summed E-state index contributed by atoms with van der Waals surface area (Å²) in [6, 6.07) is 27.5. The molecule has 0 bridgehead atoms. The fourth-order valence-corrected chi connectivity index (χ4v) is 4.62. The Morgan fingerprint density at radius 1 is 0.969 bits per heavy atom. The quantitative estimate of drug-likeness (QED) is 0.499. The highest BCUT2D eigenvalue weighted by Gasteiger charge is 2.21. The lowest BCUT2D eigenvalue weighted by Crippen LogP contribution is -2.40. The second kappa shape index (κ2) is 11.0. The number of fused-ring (bicyclic) bond motifs is 1. The summed E-state index contributed by atoms with van der Waals surface area (Å²) in [6.45, 7) is 2.79. The number of amides is 1. The molecule has 0 spiro atoms. The Morgan fingerprint density at radius 3 is 2.31 bits per heavy atom. The molecular formula is C28H32N2O2. The zero-order chi connectivity index (χ0) is 22.2. The molecule has 3 aromatic carbocycles.